The first-order valence-corrected chi connectivity index (χ1v) is 11.6. The van der Waals surface area contributed by atoms with Crippen molar-refractivity contribution in [2.24, 2.45) is 0 Å². The van der Waals surface area contributed by atoms with Crippen LogP contribution in [-0.2, 0) is 14.3 Å². The van der Waals surface area contributed by atoms with Gasteiger partial charge in [0.15, 0.2) is 11.5 Å². The maximum absolute atomic E-state index is 13.3. The second-order valence-electron chi connectivity index (χ2n) is 8.76. The Bertz CT molecular complexity index is 1210. The summed E-state index contributed by atoms with van der Waals surface area (Å²) >= 11 is 0. The third kappa shape index (κ3) is 4.81. The zero-order valence-electron chi connectivity index (χ0n) is 21.7. The van der Waals surface area contributed by atoms with E-state index in [9.17, 15) is 19.5 Å². The summed E-state index contributed by atoms with van der Waals surface area (Å²) in [6.07, 6.45) is 0. The van der Waals surface area contributed by atoms with Gasteiger partial charge in [-0.1, -0.05) is 6.07 Å². The molecular weight excluding hydrogens is 466 g/mol. The van der Waals surface area contributed by atoms with Crippen molar-refractivity contribution in [1.82, 2.24) is 14.8 Å². The van der Waals surface area contributed by atoms with E-state index in [0.717, 1.165) is 0 Å². The van der Waals surface area contributed by atoms with E-state index in [1.54, 1.807) is 39.0 Å². The number of ketones is 1. The van der Waals surface area contributed by atoms with Gasteiger partial charge in [0.2, 0.25) is 0 Å². The first kappa shape index (κ1) is 26.8. The number of esters is 1. The highest BCUT2D eigenvalue weighted by Gasteiger charge is 2.46. The van der Waals surface area contributed by atoms with Gasteiger partial charge in [-0.15, -0.1) is 0 Å². The van der Waals surface area contributed by atoms with Crippen LogP contribution >= 0.6 is 0 Å². The number of ether oxygens (including phenoxy) is 3. The number of aromatic nitrogens is 1. The zero-order chi connectivity index (χ0) is 26.7. The van der Waals surface area contributed by atoms with Gasteiger partial charge in [0.1, 0.15) is 11.5 Å². The van der Waals surface area contributed by atoms with Crippen LogP contribution in [0.2, 0.25) is 0 Å². The molecule has 2 heterocycles. The summed E-state index contributed by atoms with van der Waals surface area (Å²) in [4.78, 5) is 45.2. The highest BCUT2D eigenvalue weighted by atomic mass is 16.5. The second kappa shape index (κ2) is 10.9. The molecule has 1 fully saturated rings. The summed E-state index contributed by atoms with van der Waals surface area (Å²) in [5.41, 5.74) is 1.87. The Hall–Kier alpha value is -3.79. The fourth-order valence-corrected chi connectivity index (χ4v) is 4.44. The van der Waals surface area contributed by atoms with E-state index in [0.29, 0.717) is 34.9 Å². The molecule has 1 saturated heterocycles. The number of amides is 1. The molecular formula is C26H33N3O7. The van der Waals surface area contributed by atoms with E-state index in [1.807, 2.05) is 19.0 Å². The van der Waals surface area contributed by atoms with Crippen LogP contribution in [0.15, 0.2) is 23.8 Å². The Kier molecular flexibility index (Phi) is 8.09. The van der Waals surface area contributed by atoms with Crippen molar-refractivity contribution in [3.63, 3.8) is 0 Å². The minimum Gasteiger partial charge on any atom is -0.507 e. The minimum atomic E-state index is -0.871. The maximum Gasteiger partial charge on any atom is 0.355 e. The molecule has 2 aromatic rings. The quantitative estimate of drug-likeness (QED) is 0.234. The predicted octanol–water partition coefficient (Wildman–Crippen LogP) is 2.81. The number of aliphatic hydroxyl groups is 1. The Balaban J connectivity index is 2.24. The van der Waals surface area contributed by atoms with Crippen molar-refractivity contribution in [2.75, 3.05) is 48.0 Å². The minimum absolute atomic E-state index is 0.0633. The van der Waals surface area contributed by atoms with Crippen LogP contribution < -0.4 is 9.47 Å². The lowest BCUT2D eigenvalue weighted by atomic mass is 9.93. The number of benzene rings is 1. The number of Topliss-reactive ketones (excluding diaryl/α,β-unsaturated/α-hetero) is 1. The van der Waals surface area contributed by atoms with Crippen molar-refractivity contribution in [2.45, 2.75) is 26.8 Å². The fourth-order valence-electron chi connectivity index (χ4n) is 4.44. The summed E-state index contributed by atoms with van der Waals surface area (Å²) in [5, 5.41) is 11.5. The Morgan fingerprint density at radius 2 is 1.81 bits per heavy atom. The van der Waals surface area contributed by atoms with Gasteiger partial charge in [-0.2, -0.15) is 0 Å². The van der Waals surface area contributed by atoms with E-state index in [2.05, 4.69) is 4.98 Å². The number of rotatable bonds is 9. The molecule has 1 aliphatic heterocycles. The highest BCUT2D eigenvalue weighted by molar-refractivity contribution is 6.46. The molecule has 1 aliphatic rings. The van der Waals surface area contributed by atoms with Crippen LogP contribution in [0.3, 0.4) is 0 Å². The molecule has 194 valence electrons. The molecule has 0 aliphatic carbocycles. The fraction of sp³-hybridized carbons (Fsp3) is 0.423. The average Bonchev–Trinajstić information content (AvgIpc) is 3.28. The molecule has 1 unspecified atom stereocenters. The van der Waals surface area contributed by atoms with Gasteiger partial charge < -0.3 is 34.1 Å². The van der Waals surface area contributed by atoms with Gasteiger partial charge in [0.05, 0.1) is 32.4 Å². The third-order valence-electron chi connectivity index (χ3n) is 6.21. The number of methoxy groups -OCH3 is 2. The number of likely N-dealkylation sites (tertiary alicyclic amines) is 1. The smallest absolute Gasteiger partial charge is 0.355 e. The number of likely N-dealkylation sites (N-methyl/N-ethyl adjacent to an activating group) is 1. The molecule has 0 bridgehead atoms. The summed E-state index contributed by atoms with van der Waals surface area (Å²) in [5.74, 6) is -1.53. The number of aliphatic hydroxyl groups excluding tert-OH is 1. The monoisotopic (exact) mass is 499 g/mol. The second-order valence-corrected chi connectivity index (χ2v) is 8.76. The van der Waals surface area contributed by atoms with Crippen molar-refractivity contribution in [1.29, 1.82) is 0 Å². The number of nitrogens with zero attached hydrogens (tertiary/aromatic N) is 2. The first-order chi connectivity index (χ1) is 17.1. The topological polar surface area (TPSA) is 121 Å². The molecule has 1 amide bonds. The van der Waals surface area contributed by atoms with Gasteiger partial charge >= 0.3 is 5.97 Å². The number of nitrogens with one attached hydrogen (secondary N) is 1. The molecule has 0 spiro atoms. The maximum atomic E-state index is 13.3. The third-order valence-corrected chi connectivity index (χ3v) is 6.21. The van der Waals surface area contributed by atoms with Crippen molar-refractivity contribution < 1.29 is 33.7 Å². The van der Waals surface area contributed by atoms with E-state index in [-0.39, 0.29) is 35.7 Å². The summed E-state index contributed by atoms with van der Waals surface area (Å²) in [6, 6.07) is 4.23. The average molecular weight is 500 g/mol. The number of aromatic amines is 1. The zero-order valence-corrected chi connectivity index (χ0v) is 21.7. The molecule has 2 N–H and O–H groups in total. The first-order valence-electron chi connectivity index (χ1n) is 11.6. The molecule has 0 saturated carbocycles. The van der Waals surface area contributed by atoms with Crippen LogP contribution in [0.4, 0.5) is 0 Å². The predicted molar refractivity (Wildman–Crippen MR) is 133 cm³/mol. The summed E-state index contributed by atoms with van der Waals surface area (Å²) < 4.78 is 15.9. The van der Waals surface area contributed by atoms with Gasteiger partial charge in [0, 0.05) is 24.3 Å². The molecule has 1 aromatic carbocycles. The van der Waals surface area contributed by atoms with Gasteiger partial charge in [-0.25, -0.2) is 4.79 Å². The number of carbonyl (C=O) groups is 3. The van der Waals surface area contributed by atoms with E-state index >= 15 is 0 Å². The highest BCUT2D eigenvalue weighted by Crippen LogP contribution is 2.42. The van der Waals surface area contributed by atoms with Gasteiger partial charge in [-0.05, 0) is 58.1 Å². The van der Waals surface area contributed by atoms with Crippen molar-refractivity contribution in [3.05, 3.63) is 51.9 Å². The molecule has 0 radical (unpaired) electrons. The number of hydrogen-bond acceptors (Lipinski definition) is 8. The molecule has 3 rings (SSSR count). The van der Waals surface area contributed by atoms with Gasteiger partial charge in [-0.3, -0.25) is 9.59 Å². The molecule has 1 atom stereocenters. The summed E-state index contributed by atoms with van der Waals surface area (Å²) in [7, 11) is 6.74. The Morgan fingerprint density at radius 3 is 2.39 bits per heavy atom. The number of hydrogen-bond donors (Lipinski definition) is 2. The molecule has 10 heteroatoms. The van der Waals surface area contributed by atoms with E-state index in [1.165, 1.54) is 19.1 Å². The normalized spacial score (nSPS) is 17.1. The van der Waals surface area contributed by atoms with Crippen LogP contribution in [0.1, 0.15) is 45.8 Å². The van der Waals surface area contributed by atoms with Crippen LogP contribution in [0.5, 0.6) is 11.5 Å². The lowest BCUT2D eigenvalue weighted by molar-refractivity contribution is -0.140. The largest absolute Gasteiger partial charge is 0.507 e. The Morgan fingerprint density at radius 1 is 1.14 bits per heavy atom. The van der Waals surface area contributed by atoms with E-state index in [4.69, 9.17) is 14.2 Å². The molecule has 1 aromatic heterocycles. The van der Waals surface area contributed by atoms with Crippen molar-refractivity contribution in [3.8, 4) is 11.5 Å². The van der Waals surface area contributed by atoms with Gasteiger partial charge in [0.25, 0.3) is 11.7 Å². The van der Waals surface area contributed by atoms with Crippen molar-refractivity contribution >= 4 is 23.4 Å². The van der Waals surface area contributed by atoms with E-state index < -0.39 is 23.7 Å². The summed E-state index contributed by atoms with van der Waals surface area (Å²) in [6.45, 7) is 5.98. The Labute approximate surface area is 210 Å². The van der Waals surface area contributed by atoms with Crippen LogP contribution in [-0.4, -0.2) is 85.6 Å². The SMILES string of the molecule is CCOC(=O)c1[nH]c(C)c(/C(O)=C2\C(=O)C(=O)N(CCN(C)C)C2c2ccc(OC)c(OC)c2)c1C. The lowest BCUT2D eigenvalue weighted by Gasteiger charge is -2.27. The standard InChI is InChI=1S/C26H33N3O7/c1-8-36-26(33)21-14(2)19(15(3)27-21)23(30)20-22(16-9-10-17(34-6)18(13-16)35-7)29(12-11-28(4)5)25(32)24(20)31/h9-10,13,22,27,30H,8,11-12H2,1-7H3/b23-20+. The molecule has 36 heavy (non-hydrogen) atoms. The number of carbonyl (C=O) groups excluding carboxylic acids is 3. The van der Waals surface area contributed by atoms with Crippen LogP contribution in [0.25, 0.3) is 5.76 Å². The number of aryl methyl sites for hydroxylation is 1. The van der Waals surface area contributed by atoms with Crippen LogP contribution in [0, 0.1) is 13.8 Å². The molecule has 10 nitrogen and oxygen atoms in total. The lowest BCUT2D eigenvalue weighted by Crippen LogP contribution is -2.35. The number of H-pyrrole nitrogens is 1.